The van der Waals surface area contributed by atoms with Crippen molar-refractivity contribution in [1.29, 1.82) is 0 Å². The third-order valence-electron chi connectivity index (χ3n) is 5.95. The van der Waals surface area contributed by atoms with Crippen LogP contribution < -0.4 is 10.2 Å². The smallest absolute Gasteiger partial charge is 0.228 e. The van der Waals surface area contributed by atoms with Crippen molar-refractivity contribution in [3.63, 3.8) is 0 Å². The van der Waals surface area contributed by atoms with Crippen molar-refractivity contribution >= 4 is 44.9 Å². The minimum Gasteiger partial charge on any atom is -0.378 e. The number of likely N-dealkylation sites (tertiary alicyclic amines) is 1. The van der Waals surface area contributed by atoms with Crippen LogP contribution in [0.2, 0.25) is 5.28 Å². The van der Waals surface area contributed by atoms with Gasteiger partial charge in [-0.2, -0.15) is 4.98 Å². The van der Waals surface area contributed by atoms with E-state index in [-0.39, 0.29) is 11.3 Å². The second kappa shape index (κ2) is 6.84. The number of anilines is 1. The van der Waals surface area contributed by atoms with Crippen LogP contribution in [0.5, 0.6) is 0 Å². The Morgan fingerprint density at radius 3 is 2.67 bits per heavy atom. The van der Waals surface area contributed by atoms with Gasteiger partial charge < -0.3 is 15.0 Å². The Morgan fingerprint density at radius 2 is 2.00 bits per heavy atom. The summed E-state index contributed by atoms with van der Waals surface area (Å²) in [6, 6.07) is 2.14. The summed E-state index contributed by atoms with van der Waals surface area (Å²) in [4.78, 5) is 26.7. The number of aromatic nitrogens is 2. The second-order valence-electron chi connectivity index (χ2n) is 7.58. The summed E-state index contributed by atoms with van der Waals surface area (Å²) in [5.74, 6) is 1.16. The molecule has 5 rings (SSSR count). The predicted octanol–water partition coefficient (Wildman–Crippen LogP) is 1.89. The molecule has 5 heterocycles. The number of nitrogens with one attached hydrogen (secondary N) is 1. The van der Waals surface area contributed by atoms with Crippen molar-refractivity contribution in [1.82, 2.24) is 20.2 Å². The molecule has 0 radical (unpaired) electrons. The van der Waals surface area contributed by atoms with Gasteiger partial charge in [0.1, 0.15) is 0 Å². The fourth-order valence-corrected chi connectivity index (χ4v) is 5.50. The minimum absolute atomic E-state index is 0.0842. The molecule has 3 aliphatic heterocycles. The van der Waals surface area contributed by atoms with Crippen molar-refractivity contribution in [2.24, 2.45) is 5.41 Å². The van der Waals surface area contributed by atoms with E-state index in [1.54, 1.807) is 11.3 Å². The molecule has 0 atom stereocenters. The van der Waals surface area contributed by atoms with Gasteiger partial charge in [0, 0.05) is 31.1 Å². The molecule has 9 heteroatoms. The third kappa shape index (κ3) is 3.18. The molecular formula is C18H22ClN5O2S. The van der Waals surface area contributed by atoms with Crippen molar-refractivity contribution in [2.45, 2.75) is 19.4 Å². The van der Waals surface area contributed by atoms with E-state index in [4.69, 9.17) is 16.3 Å². The lowest BCUT2D eigenvalue weighted by Crippen LogP contribution is -2.62. The highest BCUT2D eigenvalue weighted by Gasteiger charge is 2.47. The molecule has 27 heavy (non-hydrogen) atoms. The SMILES string of the molecule is O=C1NCC12CCN(Cc1cc3nc(Cl)nc(N4CCOCC4)c3s1)CC2. The molecule has 3 aliphatic rings. The van der Waals surface area contributed by atoms with Crippen molar-refractivity contribution < 1.29 is 9.53 Å². The lowest BCUT2D eigenvalue weighted by atomic mass is 9.72. The summed E-state index contributed by atoms with van der Waals surface area (Å²) in [5.41, 5.74) is 0.836. The average Bonchev–Trinajstić information content (AvgIpc) is 3.09. The van der Waals surface area contributed by atoms with E-state index in [9.17, 15) is 4.79 Å². The fraction of sp³-hybridized carbons (Fsp3) is 0.611. The second-order valence-corrected chi connectivity index (χ2v) is 9.06. The minimum atomic E-state index is -0.0842. The number of carbonyl (C=O) groups excluding carboxylic acids is 1. The molecule has 1 spiro atoms. The fourth-order valence-electron chi connectivity index (χ4n) is 4.18. The van der Waals surface area contributed by atoms with E-state index < -0.39 is 0 Å². The Hall–Kier alpha value is -1.48. The Bertz CT molecular complexity index is 874. The molecule has 1 amide bonds. The Kier molecular flexibility index (Phi) is 4.46. The molecule has 2 aromatic heterocycles. The number of hydrogen-bond acceptors (Lipinski definition) is 7. The molecule has 7 nitrogen and oxygen atoms in total. The van der Waals surface area contributed by atoms with Gasteiger partial charge in [-0.1, -0.05) is 0 Å². The van der Waals surface area contributed by atoms with E-state index in [0.717, 1.165) is 68.1 Å². The zero-order valence-corrected chi connectivity index (χ0v) is 16.6. The molecule has 0 saturated carbocycles. The number of fused-ring (bicyclic) bond motifs is 1. The van der Waals surface area contributed by atoms with Gasteiger partial charge in [0.2, 0.25) is 11.2 Å². The number of halogens is 1. The monoisotopic (exact) mass is 407 g/mol. The highest BCUT2D eigenvalue weighted by Crippen LogP contribution is 2.38. The number of ether oxygens (including phenoxy) is 1. The third-order valence-corrected chi connectivity index (χ3v) is 7.22. The average molecular weight is 408 g/mol. The van der Waals surface area contributed by atoms with E-state index in [0.29, 0.717) is 18.5 Å². The molecule has 1 N–H and O–H groups in total. The van der Waals surface area contributed by atoms with Crippen molar-refractivity contribution in [2.75, 3.05) is 50.8 Å². The van der Waals surface area contributed by atoms with Crippen LogP contribution in [0.3, 0.4) is 0 Å². The number of amides is 1. The van der Waals surface area contributed by atoms with E-state index in [1.807, 2.05) is 0 Å². The molecule has 0 unspecified atom stereocenters. The van der Waals surface area contributed by atoms with Crippen LogP contribution in [0.15, 0.2) is 6.07 Å². The van der Waals surface area contributed by atoms with Crippen LogP contribution >= 0.6 is 22.9 Å². The van der Waals surface area contributed by atoms with Gasteiger partial charge >= 0.3 is 0 Å². The topological polar surface area (TPSA) is 70.6 Å². The van der Waals surface area contributed by atoms with Crippen LogP contribution in [0, 0.1) is 5.41 Å². The zero-order chi connectivity index (χ0) is 18.4. The maximum absolute atomic E-state index is 11.8. The summed E-state index contributed by atoms with van der Waals surface area (Å²) >= 11 is 7.94. The van der Waals surface area contributed by atoms with Crippen LogP contribution in [0.1, 0.15) is 17.7 Å². The van der Waals surface area contributed by atoms with Crippen LogP contribution in [-0.2, 0) is 16.1 Å². The predicted molar refractivity (Wildman–Crippen MR) is 105 cm³/mol. The molecule has 2 aromatic rings. The highest BCUT2D eigenvalue weighted by atomic mass is 35.5. The van der Waals surface area contributed by atoms with Gasteiger partial charge in [0.05, 0.1) is 28.8 Å². The maximum Gasteiger partial charge on any atom is 0.228 e. The first kappa shape index (κ1) is 17.6. The summed E-state index contributed by atoms with van der Waals surface area (Å²) < 4.78 is 6.56. The number of morpholine rings is 1. The maximum atomic E-state index is 11.8. The quantitative estimate of drug-likeness (QED) is 0.619. The summed E-state index contributed by atoms with van der Waals surface area (Å²) in [5, 5.41) is 3.19. The number of carbonyl (C=O) groups is 1. The first-order valence-corrected chi connectivity index (χ1v) is 10.6. The Morgan fingerprint density at radius 1 is 1.22 bits per heavy atom. The number of piperidine rings is 1. The van der Waals surface area contributed by atoms with Crippen molar-refractivity contribution in [3.05, 3.63) is 16.2 Å². The number of nitrogens with zero attached hydrogens (tertiary/aromatic N) is 4. The first-order valence-electron chi connectivity index (χ1n) is 9.42. The summed E-state index contributed by atoms with van der Waals surface area (Å²) in [7, 11) is 0. The first-order chi connectivity index (χ1) is 13.1. The van der Waals surface area contributed by atoms with Gasteiger partial charge in [-0.05, 0) is 43.6 Å². The number of thiophene rings is 1. The largest absolute Gasteiger partial charge is 0.378 e. The van der Waals surface area contributed by atoms with E-state index >= 15 is 0 Å². The van der Waals surface area contributed by atoms with Gasteiger partial charge in [-0.15, -0.1) is 11.3 Å². The zero-order valence-electron chi connectivity index (χ0n) is 15.0. The van der Waals surface area contributed by atoms with Crippen LogP contribution in [-0.4, -0.2) is 66.7 Å². The molecule has 3 fully saturated rings. The van der Waals surface area contributed by atoms with E-state index in [1.165, 1.54) is 4.88 Å². The molecular weight excluding hydrogens is 386 g/mol. The number of hydrogen-bond donors (Lipinski definition) is 1. The lowest BCUT2D eigenvalue weighted by molar-refractivity contribution is -0.143. The molecule has 0 bridgehead atoms. The van der Waals surface area contributed by atoms with Gasteiger partial charge in [-0.25, -0.2) is 4.98 Å². The van der Waals surface area contributed by atoms with Gasteiger partial charge in [0.25, 0.3) is 0 Å². The van der Waals surface area contributed by atoms with Crippen LogP contribution in [0.25, 0.3) is 10.2 Å². The highest BCUT2D eigenvalue weighted by molar-refractivity contribution is 7.19. The van der Waals surface area contributed by atoms with Gasteiger partial charge in [-0.3, -0.25) is 9.69 Å². The van der Waals surface area contributed by atoms with Crippen molar-refractivity contribution in [3.8, 4) is 0 Å². The summed E-state index contributed by atoms with van der Waals surface area (Å²) in [6.07, 6.45) is 1.91. The van der Waals surface area contributed by atoms with Gasteiger partial charge in [0.15, 0.2) is 5.82 Å². The van der Waals surface area contributed by atoms with Crippen LogP contribution in [0.4, 0.5) is 5.82 Å². The lowest BCUT2D eigenvalue weighted by Gasteiger charge is -2.46. The number of rotatable bonds is 3. The van der Waals surface area contributed by atoms with E-state index in [2.05, 4.69) is 31.2 Å². The Labute approximate surface area is 166 Å². The normalized spacial score (nSPS) is 22.9. The summed E-state index contributed by atoms with van der Waals surface area (Å²) in [6.45, 7) is 6.74. The molecule has 0 aliphatic carbocycles. The molecule has 144 valence electrons. The molecule has 3 saturated heterocycles. The Balaban J connectivity index is 1.35. The molecule has 0 aromatic carbocycles. The standard InChI is InChI=1S/C18H22ClN5O2S/c19-17-21-13-9-12(10-23-3-1-18(2-4-23)11-20-16(18)25)27-14(13)15(22-17)24-5-7-26-8-6-24/h9H,1-8,10-11H2,(H,20,25). The number of β-lactam (4-membered cyclic amide) rings is 1.